The van der Waals surface area contributed by atoms with Crippen molar-refractivity contribution in [2.45, 2.75) is 59.3 Å². The second kappa shape index (κ2) is 8.81. The summed E-state index contributed by atoms with van der Waals surface area (Å²) in [5.41, 5.74) is 3.02. The first-order chi connectivity index (χ1) is 12.9. The second-order valence-corrected chi connectivity index (χ2v) is 7.98. The van der Waals surface area contributed by atoms with Gasteiger partial charge in [-0.25, -0.2) is 0 Å². The second-order valence-electron chi connectivity index (χ2n) is 7.98. The molecule has 0 bridgehead atoms. The molecule has 0 N–H and O–H groups in total. The third-order valence-corrected chi connectivity index (χ3v) is 5.43. The van der Waals surface area contributed by atoms with Crippen LogP contribution in [0.1, 0.15) is 62.4 Å². The maximum atomic E-state index is 6.00. The van der Waals surface area contributed by atoms with E-state index in [1.807, 2.05) is 26.0 Å². The molecule has 5 nitrogen and oxygen atoms in total. The number of anilines is 1. The number of hydrogen-bond donors (Lipinski definition) is 0. The lowest BCUT2D eigenvalue weighted by molar-refractivity contribution is 0.276. The summed E-state index contributed by atoms with van der Waals surface area (Å²) >= 11 is 0. The molecule has 0 aliphatic carbocycles. The molecule has 1 aromatic heterocycles. The summed E-state index contributed by atoms with van der Waals surface area (Å²) < 4.78 is 11.3. The maximum absolute atomic E-state index is 6.00. The zero-order chi connectivity index (χ0) is 19.4. The Morgan fingerprint density at radius 3 is 2.48 bits per heavy atom. The molecule has 2 aromatic rings. The molecule has 27 heavy (non-hydrogen) atoms. The number of ether oxygens (including phenoxy) is 1. The van der Waals surface area contributed by atoms with E-state index in [-0.39, 0.29) is 0 Å². The molecule has 0 amide bonds. The first-order valence-corrected chi connectivity index (χ1v) is 10.0. The van der Waals surface area contributed by atoms with E-state index in [1.165, 1.54) is 19.3 Å². The summed E-state index contributed by atoms with van der Waals surface area (Å²) in [6.07, 6.45) is 4.60. The highest BCUT2D eigenvalue weighted by Crippen LogP contribution is 2.26. The molecule has 2 radical (unpaired) electrons. The Kier molecular flexibility index (Phi) is 6.45. The predicted molar refractivity (Wildman–Crippen MR) is 109 cm³/mol. The van der Waals surface area contributed by atoms with Gasteiger partial charge in [-0.3, -0.25) is 0 Å². The Morgan fingerprint density at radius 2 is 1.89 bits per heavy atom. The van der Waals surface area contributed by atoms with Gasteiger partial charge < -0.3 is 14.2 Å². The Hall–Kier alpha value is -1.98. The lowest BCUT2D eigenvalue weighted by Gasteiger charge is -2.30. The smallest absolute Gasteiger partial charge is 0.324 e. The van der Waals surface area contributed by atoms with Gasteiger partial charge in [0, 0.05) is 19.0 Å². The van der Waals surface area contributed by atoms with Crippen LogP contribution in [0.3, 0.4) is 0 Å². The molecule has 1 aliphatic rings. The van der Waals surface area contributed by atoms with E-state index in [1.54, 1.807) is 0 Å². The van der Waals surface area contributed by atoms with Gasteiger partial charge in [0.05, 0.1) is 6.61 Å². The Morgan fingerprint density at radius 1 is 1.22 bits per heavy atom. The minimum Gasteiger partial charge on any atom is -0.494 e. The van der Waals surface area contributed by atoms with Crippen molar-refractivity contribution in [3.63, 3.8) is 0 Å². The van der Waals surface area contributed by atoms with Gasteiger partial charge in [-0.15, -0.1) is 0 Å². The third kappa shape index (κ3) is 5.05. The van der Waals surface area contributed by atoms with Gasteiger partial charge in [-0.05, 0) is 57.6 Å². The summed E-state index contributed by atoms with van der Waals surface area (Å²) in [6.45, 7) is 10.9. The summed E-state index contributed by atoms with van der Waals surface area (Å²) in [4.78, 5) is 6.72. The number of rotatable bonds is 7. The molecule has 0 unspecified atom stereocenters. The fraction of sp³-hybridized carbons (Fsp3) is 0.619. The highest BCUT2D eigenvalue weighted by molar-refractivity contribution is 6.34. The number of benzene rings is 1. The minimum atomic E-state index is 0.300. The monoisotopic (exact) mass is 367 g/mol. The van der Waals surface area contributed by atoms with E-state index in [9.17, 15) is 0 Å². The standard InChI is InChI=1S/C21H30BN3O2/c1-14(2)20-23-21(27-24-20)25-9-7-17(8-10-25)6-5-11-26-18-12-15(3)19(22)16(4)13-18/h12-14,17H,5-11H2,1-4H3. The first kappa shape index (κ1) is 19.8. The van der Waals surface area contributed by atoms with Crippen molar-refractivity contribution >= 4 is 19.3 Å². The van der Waals surface area contributed by atoms with E-state index in [0.717, 1.165) is 60.2 Å². The number of aryl methyl sites for hydroxylation is 2. The molecule has 0 saturated carbocycles. The number of hydrogen-bond acceptors (Lipinski definition) is 5. The van der Waals surface area contributed by atoms with Gasteiger partial charge in [0.2, 0.25) is 0 Å². The van der Waals surface area contributed by atoms with Crippen molar-refractivity contribution in [3.8, 4) is 5.75 Å². The lowest BCUT2D eigenvalue weighted by atomic mass is 9.87. The maximum Gasteiger partial charge on any atom is 0.324 e. The fourth-order valence-corrected chi connectivity index (χ4v) is 3.58. The van der Waals surface area contributed by atoms with Gasteiger partial charge >= 0.3 is 6.01 Å². The summed E-state index contributed by atoms with van der Waals surface area (Å²) in [6, 6.07) is 4.72. The van der Waals surface area contributed by atoms with E-state index in [2.05, 4.69) is 28.9 Å². The topological polar surface area (TPSA) is 51.4 Å². The molecular weight excluding hydrogens is 337 g/mol. The first-order valence-electron chi connectivity index (χ1n) is 10.0. The van der Waals surface area contributed by atoms with E-state index in [0.29, 0.717) is 11.9 Å². The molecule has 1 fully saturated rings. The van der Waals surface area contributed by atoms with Crippen LogP contribution in [0, 0.1) is 19.8 Å². The minimum absolute atomic E-state index is 0.300. The summed E-state index contributed by atoms with van der Waals surface area (Å²) in [7, 11) is 6.00. The van der Waals surface area contributed by atoms with Crippen LogP contribution in [-0.2, 0) is 0 Å². The molecule has 6 heteroatoms. The largest absolute Gasteiger partial charge is 0.494 e. The quantitative estimate of drug-likeness (QED) is 0.552. The summed E-state index contributed by atoms with van der Waals surface area (Å²) in [5, 5.41) is 4.06. The molecule has 1 aliphatic heterocycles. The molecule has 3 rings (SSSR count). The van der Waals surface area contributed by atoms with E-state index < -0.39 is 0 Å². The van der Waals surface area contributed by atoms with E-state index >= 15 is 0 Å². The van der Waals surface area contributed by atoms with Crippen LogP contribution in [0.5, 0.6) is 5.75 Å². The molecule has 1 aromatic carbocycles. The lowest BCUT2D eigenvalue weighted by Crippen LogP contribution is -2.34. The molecular formula is C21H30BN3O2. The van der Waals surface area contributed by atoms with Crippen LogP contribution in [0.15, 0.2) is 16.7 Å². The van der Waals surface area contributed by atoms with Crippen molar-refractivity contribution in [1.82, 2.24) is 10.1 Å². The van der Waals surface area contributed by atoms with Crippen molar-refractivity contribution in [2.24, 2.45) is 5.92 Å². The average Bonchev–Trinajstić information content (AvgIpc) is 3.14. The van der Waals surface area contributed by atoms with Gasteiger partial charge in [-0.1, -0.05) is 35.6 Å². The van der Waals surface area contributed by atoms with E-state index in [4.69, 9.17) is 17.1 Å². The molecule has 1 saturated heterocycles. The average molecular weight is 367 g/mol. The van der Waals surface area contributed by atoms with Crippen molar-refractivity contribution in [2.75, 3.05) is 24.6 Å². The van der Waals surface area contributed by atoms with Crippen molar-refractivity contribution < 1.29 is 9.26 Å². The van der Waals surface area contributed by atoms with Crippen LogP contribution in [-0.4, -0.2) is 37.7 Å². The highest BCUT2D eigenvalue weighted by Gasteiger charge is 2.23. The van der Waals surface area contributed by atoms with Crippen molar-refractivity contribution in [1.29, 1.82) is 0 Å². The van der Waals surface area contributed by atoms with Gasteiger partial charge in [0.15, 0.2) is 5.82 Å². The highest BCUT2D eigenvalue weighted by atomic mass is 16.5. The van der Waals surface area contributed by atoms with Gasteiger partial charge in [0.1, 0.15) is 13.6 Å². The van der Waals surface area contributed by atoms with Gasteiger partial charge in [-0.2, -0.15) is 4.98 Å². The van der Waals surface area contributed by atoms with Crippen LogP contribution in [0.25, 0.3) is 0 Å². The molecule has 0 atom stereocenters. The van der Waals surface area contributed by atoms with Crippen LogP contribution < -0.4 is 15.1 Å². The zero-order valence-corrected chi connectivity index (χ0v) is 17.0. The number of nitrogens with zero attached hydrogens (tertiary/aromatic N) is 3. The molecule has 0 spiro atoms. The number of piperidine rings is 1. The van der Waals surface area contributed by atoms with Crippen LogP contribution >= 0.6 is 0 Å². The normalized spacial score (nSPS) is 15.5. The molecule has 144 valence electrons. The van der Waals surface area contributed by atoms with Crippen molar-refractivity contribution in [3.05, 3.63) is 29.1 Å². The summed E-state index contributed by atoms with van der Waals surface area (Å²) in [5.74, 6) is 2.75. The SMILES string of the molecule is [B]c1c(C)cc(OCCCC2CCN(c3nc(C(C)C)no3)CC2)cc1C. The fourth-order valence-electron chi connectivity index (χ4n) is 3.58. The Bertz CT molecular complexity index is 729. The molecule has 2 heterocycles. The Labute approximate surface area is 163 Å². The Balaban J connectivity index is 1.38. The zero-order valence-electron chi connectivity index (χ0n) is 17.0. The van der Waals surface area contributed by atoms with Crippen LogP contribution in [0.2, 0.25) is 0 Å². The third-order valence-electron chi connectivity index (χ3n) is 5.43. The van der Waals surface area contributed by atoms with Crippen LogP contribution in [0.4, 0.5) is 6.01 Å². The van der Waals surface area contributed by atoms with Gasteiger partial charge in [0.25, 0.3) is 0 Å². The number of aromatic nitrogens is 2. The predicted octanol–water partition coefficient (Wildman–Crippen LogP) is 3.68.